The summed E-state index contributed by atoms with van der Waals surface area (Å²) in [4.78, 5) is 24.8. The molecule has 1 N–H and O–H groups in total. The van der Waals surface area contributed by atoms with Gasteiger partial charge in [-0.1, -0.05) is 6.92 Å². The molecule has 0 fully saturated rings. The first kappa shape index (κ1) is 21.0. The van der Waals surface area contributed by atoms with Gasteiger partial charge >= 0.3 is 5.97 Å². The third kappa shape index (κ3) is 4.91. The molecule has 0 saturated heterocycles. The van der Waals surface area contributed by atoms with E-state index in [1.165, 1.54) is 57.7 Å². The fourth-order valence-corrected chi connectivity index (χ4v) is 2.47. The highest BCUT2D eigenvalue weighted by molar-refractivity contribution is 6.03. The second-order valence-electron chi connectivity index (χ2n) is 5.70. The van der Waals surface area contributed by atoms with E-state index in [2.05, 4.69) is 5.32 Å². The number of amides is 1. The van der Waals surface area contributed by atoms with E-state index in [0.29, 0.717) is 23.7 Å². The molecule has 0 unspecified atom stereocenters. The van der Waals surface area contributed by atoms with Crippen molar-refractivity contribution >= 4 is 17.6 Å². The molecule has 2 rings (SSSR count). The Bertz CT molecular complexity index is 837. The first-order valence-electron chi connectivity index (χ1n) is 8.50. The van der Waals surface area contributed by atoms with Gasteiger partial charge in [0.05, 0.1) is 32.6 Å². The van der Waals surface area contributed by atoms with Crippen molar-refractivity contribution in [3.05, 3.63) is 47.8 Å². The molecule has 0 bridgehead atoms. The highest BCUT2D eigenvalue weighted by Gasteiger charge is 2.23. The smallest absolute Gasteiger partial charge is 0.340 e. The highest BCUT2D eigenvalue weighted by Crippen LogP contribution is 2.34. The van der Waals surface area contributed by atoms with Gasteiger partial charge in [-0.2, -0.15) is 0 Å². The Labute approximate surface area is 162 Å². The van der Waals surface area contributed by atoms with E-state index in [-0.39, 0.29) is 11.3 Å². The molecule has 0 radical (unpaired) electrons. The first-order chi connectivity index (χ1) is 13.4. The topological polar surface area (TPSA) is 83.1 Å². The molecule has 0 aliphatic heterocycles. The van der Waals surface area contributed by atoms with Crippen LogP contribution in [0.1, 0.15) is 23.7 Å². The zero-order chi connectivity index (χ0) is 20.7. The minimum absolute atomic E-state index is 0.102. The Morgan fingerprint density at radius 3 is 2.18 bits per heavy atom. The number of esters is 1. The van der Waals surface area contributed by atoms with Crippen LogP contribution in [0, 0.1) is 5.82 Å². The number of nitrogens with one attached hydrogen (secondary N) is 1. The molecule has 8 heteroatoms. The zero-order valence-corrected chi connectivity index (χ0v) is 16.1. The molecule has 0 aromatic heterocycles. The maximum atomic E-state index is 13.0. The largest absolute Gasteiger partial charge is 0.493 e. The van der Waals surface area contributed by atoms with Crippen LogP contribution < -0.4 is 19.5 Å². The standard InChI is InChI=1S/C20H22FNO6/c1-5-16(28-13-8-6-12(21)7-9-13)19(23)22-15-11-18(26-3)17(25-2)10-14(15)20(24)27-4/h6-11,16H,5H2,1-4H3,(H,22,23)/t16-/m0/s1. The number of anilines is 1. The average Bonchev–Trinajstić information content (AvgIpc) is 2.72. The summed E-state index contributed by atoms with van der Waals surface area (Å²) < 4.78 is 33.9. The molecular weight excluding hydrogens is 369 g/mol. The maximum absolute atomic E-state index is 13.0. The molecule has 0 spiro atoms. The van der Waals surface area contributed by atoms with E-state index in [1.807, 2.05) is 0 Å². The fraction of sp³-hybridized carbons (Fsp3) is 0.300. The first-order valence-corrected chi connectivity index (χ1v) is 8.50. The van der Waals surface area contributed by atoms with Crippen molar-refractivity contribution in [2.75, 3.05) is 26.6 Å². The lowest BCUT2D eigenvalue weighted by molar-refractivity contribution is -0.122. The number of ether oxygens (including phenoxy) is 4. The van der Waals surface area contributed by atoms with Gasteiger partial charge in [-0.25, -0.2) is 9.18 Å². The minimum Gasteiger partial charge on any atom is -0.493 e. The van der Waals surface area contributed by atoms with Crippen molar-refractivity contribution in [2.45, 2.75) is 19.4 Å². The van der Waals surface area contributed by atoms with Crippen LogP contribution in [0.5, 0.6) is 17.2 Å². The van der Waals surface area contributed by atoms with Gasteiger partial charge in [-0.15, -0.1) is 0 Å². The van der Waals surface area contributed by atoms with Crippen molar-refractivity contribution in [1.29, 1.82) is 0 Å². The molecule has 0 saturated carbocycles. The summed E-state index contributed by atoms with van der Waals surface area (Å²) in [6.45, 7) is 1.77. The predicted molar refractivity (Wildman–Crippen MR) is 101 cm³/mol. The highest BCUT2D eigenvalue weighted by atomic mass is 19.1. The van der Waals surface area contributed by atoms with Crippen molar-refractivity contribution in [1.82, 2.24) is 0 Å². The van der Waals surface area contributed by atoms with Crippen molar-refractivity contribution < 1.29 is 32.9 Å². The monoisotopic (exact) mass is 391 g/mol. The molecule has 7 nitrogen and oxygen atoms in total. The minimum atomic E-state index is -0.857. The molecule has 0 aliphatic rings. The summed E-state index contributed by atoms with van der Waals surface area (Å²) in [5.41, 5.74) is 0.292. The fourth-order valence-electron chi connectivity index (χ4n) is 2.47. The number of halogens is 1. The molecule has 150 valence electrons. The van der Waals surface area contributed by atoms with Crippen LogP contribution in [0.3, 0.4) is 0 Å². The Kier molecular flexibility index (Phi) is 7.20. The molecule has 2 aromatic rings. The average molecular weight is 391 g/mol. The van der Waals surface area contributed by atoms with Crippen LogP contribution in [0.15, 0.2) is 36.4 Å². The lowest BCUT2D eigenvalue weighted by Gasteiger charge is -2.19. The molecule has 28 heavy (non-hydrogen) atoms. The van der Waals surface area contributed by atoms with E-state index in [9.17, 15) is 14.0 Å². The second kappa shape index (κ2) is 9.59. The van der Waals surface area contributed by atoms with E-state index < -0.39 is 23.8 Å². The molecular formula is C20H22FNO6. The summed E-state index contributed by atoms with van der Waals surface area (Å²) in [5, 5.41) is 2.66. The van der Waals surface area contributed by atoms with Gasteiger partial charge in [-0.05, 0) is 30.7 Å². The number of benzene rings is 2. The van der Waals surface area contributed by atoms with E-state index >= 15 is 0 Å². The van der Waals surface area contributed by atoms with Gasteiger partial charge in [-0.3, -0.25) is 4.79 Å². The van der Waals surface area contributed by atoms with Crippen LogP contribution in [-0.4, -0.2) is 39.3 Å². The SMILES string of the molecule is CC[C@H](Oc1ccc(F)cc1)C(=O)Nc1cc(OC)c(OC)cc1C(=O)OC. The van der Waals surface area contributed by atoms with Crippen molar-refractivity contribution in [2.24, 2.45) is 0 Å². The zero-order valence-electron chi connectivity index (χ0n) is 16.1. The molecule has 0 heterocycles. The lowest BCUT2D eigenvalue weighted by Crippen LogP contribution is -2.33. The van der Waals surface area contributed by atoms with Gasteiger partial charge < -0.3 is 24.3 Å². The number of carbonyl (C=O) groups excluding carboxylic acids is 2. The predicted octanol–water partition coefficient (Wildman–Crippen LogP) is 3.43. The van der Waals surface area contributed by atoms with Gasteiger partial charge in [0.15, 0.2) is 17.6 Å². The molecule has 1 atom stereocenters. The van der Waals surface area contributed by atoms with E-state index in [1.54, 1.807) is 6.92 Å². The number of carbonyl (C=O) groups is 2. The molecule has 1 amide bonds. The van der Waals surface area contributed by atoms with Crippen molar-refractivity contribution in [3.8, 4) is 17.2 Å². The van der Waals surface area contributed by atoms with Gasteiger partial charge in [0.2, 0.25) is 0 Å². The summed E-state index contributed by atoms with van der Waals surface area (Å²) in [6.07, 6.45) is -0.506. The van der Waals surface area contributed by atoms with Crippen LogP contribution in [0.25, 0.3) is 0 Å². The lowest BCUT2D eigenvalue weighted by atomic mass is 10.1. The third-order valence-electron chi connectivity index (χ3n) is 3.94. The number of hydrogen-bond donors (Lipinski definition) is 1. The maximum Gasteiger partial charge on any atom is 0.340 e. The molecule has 0 aliphatic carbocycles. The van der Waals surface area contributed by atoms with Crippen molar-refractivity contribution in [3.63, 3.8) is 0 Å². The number of hydrogen-bond acceptors (Lipinski definition) is 6. The third-order valence-corrected chi connectivity index (χ3v) is 3.94. The van der Waals surface area contributed by atoms with E-state index in [4.69, 9.17) is 18.9 Å². The summed E-state index contributed by atoms with van der Waals surface area (Å²) >= 11 is 0. The Morgan fingerprint density at radius 2 is 1.64 bits per heavy atom. The van der Waals surface area contributed by atoms with Gasteiger partial charge in [0, 0.05) is 12.1 Å². The summed E-state index contributed by atoms with van der Waals surface area (Å²) in [7, 11) is 4.10. The van der Waals surface area contributed by atoms with E-state index in [0.717, 1.165) is 0 Å². The van der Waals surface area contributed by atoms with Crippen LogP contribution in [0.2, 0.25) is 0 Å². The van der Waals surface area contributed by atoms with Gasteiger partial charge in [0.25, 0.3) is 5.91 Å². The Balaban J connectivity index is 2.29. The van der Waals surface area contributed by atoms with Crippen LogP contribution in [-0.2, 0) is 9.53 Å². The second-order valence-corrected chi connectivity index (χ2v) is 5.70. The quantitative estimate of drug-likeness (QED) is 0.695. The van der Waals surface area contributed by atoms with Crippen LogP contribution in [0.4, 0.5) is 10.1 Å². The molecule has 2 aromatic carbocycles. The summed E-state index contributed by atoms with van der Waals surface area (Å²) in [5.74, 6) is -0.539. The Morgan fingerprint density at radius 1 is 1.04 bits per heavy atom. The van der Waals surface area contributed by atoms with Crippen LogP contribution >= 0.6 is 0 Å². The summed E-state index contributed by atoms with van der Waals surface area (Å²) in [6, 6.07) is 8.23. The Hall–Kier alpha value is -3.29. The van der Waals surface area contributed by atoms with Gasteiger partial charge in [0.1, 0.15) is 11.6 Å². The number of rotatable bonds is 8. The number of methoxy groups -OCH3 is 3. The normalized spacial score (nSPS) is 11.3.